The lowest BCUT2D eigenvalue weighted by molar-refractivity contribution is 0.0999. The number of halogens is 1. The van der Waals surface area contributed by atoms with Gasteiger partial charge in [0.2, 0.25) is 5.91 Å². The van der Waals surface area contributed by atoms with Crippen LogP contribution in [0.5, 0.6) is 5.75 Å². The Morgan fingerprint density at radius 2 is 2.39 bits per heavy atom. The highest BCUT2D eigenvalue weighted by Crippen LogP contribution is 2.20. The summed E-state index contributed by atoms with van der Waals surface area (Å²) in [6.45, 7) is 2.43. The van der Waals surface area contributed by atoms with Crippen LogP contribution in [0, 0.1) is 11.7 Å². The molecule has 0 radical (unpaired) electrons. The lowest BCUT2D eigenvalue weighted by atomic mass is 10.0. The molecule has 0 saturated carbocycles. The first-order valence-electron chi connectivity index (χ1n) is 6.09. The lowest BCUT2D eigenvalue weighted by Gasteiger charge is -2.22. The minimum atomic E-state index is -0.642. The van der Waals surface area contributed by atoms with Gasteiger partial charge in [0.1, 0.15) is 0 Å². The maximum Gasteiger partial charge on any atom is 0.248 e. The van der Waals surface area contributed by atoms with Crippen molar-refractivity contribution in [1.82, 2.24) is 5.32 Å². The van der Waals surface area contributed by atoms with Gasteiger partial charge in [-0.3, -0.25) is 4.79 Å². The van der Waals surface area contributed by atoms with Gasteiger partial charge in [-0.1, -0.05) is 0 Å². The second-order valence-corrected chi connectivity index (χ2v) is 4.53. The normalized spacial score (nSPS) is 19.5. The Hall–Kier alpha value is -1.62. The predicted molar refractivity (Wildman–Crippen MR) is 66.0 cm³/mol. The van der Waals surface area contributed by atoms with Crippen molar-refractivity contribution in [3.8, 4) is 5.75 Å². The largest absolute Gasteiger partial charge is 0.490 e. The van der Waals surface area contributed by atoms with Gasteiger partial charge in [0.05, 0.1) is 6.61 Å². The summed E-state index contributed by atoms with van der Waals surface area (Å²) in [6.07, 6.45) is 2.21. The van der Waals surface area contributed by atoms with Crippen LogP contribution in [0.25, 0.3) is 0 Å². The molecule has 0 aromatic heterocycles. The molecule has 4 nitrogen and oxygen atoms in total. The number of rotatable bonds is 4. The van der Waals surface area contributed by atoms with Gasteiger partial charge in [-0.25, -0.2) is 4.39 Å². The molecule has 0 aliphatic carbocycles. The average Bonchev–Trinajstić information content (AvgIpc) is 2.38. The Balaban J connectivity index is 1.94. The maximum atomic E-state index is 13.6. The van der Waals surface area contributed by atoms with Crippen LogP contribution in [0.3, 0.4) is 0 Å². The summed E-state index contributed by atoms with van der Waals surface area (Å²) in [7, 11) is 0. The molecule has 0 spiro atoms. The number of carbonyl (C=O) groups is 1. The third-order valence-corrected chi connectivity index (χ3v) is 3.09. The van der Waals surface area contributed by atoms with Gasteiger partial charge in [-0.15, -0.1) is 0 Å². The molecular weight excluding hydrogens is 235 g/mol. The van der Waals surface area contributed by atoms with E-state index in [1.165, 1.54) is 12.1 Å². The van der Waals surface area contributed by atoms with Crippen LogP contribution in [0.1, 0.15) is 23.2 Å². The third-order valence-electron chi connectivity index (χ3n) is 3.09. The van der Waals surface area contributed by atoms with Crippen molar-refractivity contribution < 1.29 is 13.9 Å². The highest BCUT2D eigenvalue weighted by molar-refractivity contribution is 5.92. The van der Waals surface area contributed by atoms with Crippen molar-refractivity contribution in [2.75, 3.05) is 19.7 Å². The topological polar surface area (TPSA) is 64.4 Å². The summed E-state index contributed by atoms with van der Waals surface area (Å²) >= 11 is 0. The van der Waals surface area contributed by atoms with Gasteiger partial charge in [0, 0.05) is 18.0 Å². The SMILES string of the molecule is NC(=O)c1ccc(OCC2CCCNC2)c(F)c1. The van der Waals surface area contributed by atoms with Crippen molar-refractivity contribution in [3.63, 3.8) is 0 Å². The van der Waals surface area contributed by atoms with E-state index < -0.39 is 11.7 Å². The van der Waals surface area contributed by atoms with Crippen molar-refractivity contribution in [1.29, 1.82) is 0 Å². The van der Waals surface area contributed by atoms with Crippen LogP contribution < -0.4 is 15.8 Å². The standard InChI is InChI=1S/C13H17FN2O2/c14-11-6-10(13(15)17)3-4-12(11)18-8-9-2-1-5-16-7-9/h3-4,6,9,16H,1-2,5,7-8H2,(H2,15,17). The van der Waals surface area contributed by atoms with E-state index in [0.29, 0.717) is 12.5 Å². The van der Waals surface area contributed by atoms with Crippen molar-refractivity contribution in [2.45, 2.75) is 12.8 Å². The second-order valence-electron chi connectivity index (χ2n) is 4.53. The number of primary amides is 1. The van der Waals surface area contributed by atoms with Crippen LogP contribution in [-0.4, -0.2) is 25.6 Å². The smallest absolute Gasteiger partial charge is 0.248 e. The van der Waals surface area contributed by atoms with E-state index in [2.05, 4.69) is 5.32 Å². The first-order valence-corrected chi connectivity index (χ1v) is 6.09. The number of hydrogen-bond acceptors (Lipinski definition) is 3. The van der Waals surface area contributed by atoms with E-state index in [9.17, 15) is 9.18 Å². The molecule has 1 aromatic rings. The van der Waals surface area contributed by atoms with Crippen molar-refractivity contribution in [2.24, 2.45) is 11.7 Å². The summed E-state index contributed by atoms with van der Waals surface area (Å²) in [5.41, 5.74) is 5.22. The van der Waals surface area contributed by atoms with Crippen LogP contribution in [-0.2, 0) is 0 Å². The molecule has 1 aliphatic rings. The van der Waals surface area contributed by atoms with E-state index in [1.54, 1.807) is 0 Å². The summed E-state index contributed by atoms with van der Waals surface area (Å²) in [4.78, 5) is 10.9. The van der Waals surface area contributed by atoms with Crippen LogP contribution in [0.4, 0.5) is 4.39 Å². The molecule has 98 valence electrons. The van der Waals surface area contributed by atoms with Crippen LogP contribution in [0.15, 0.2) is 18.2 Å². The molecule has 5 heteroatoms. The Morgan fingerprint density at radius 3 is 3.00 bits per heavy atom. The fraction of sp³-hybridized carbons (Fsp3) is 0.462. The van der Waals surface area contributed by atoms with E-state index in [-0.39, 0.29) is 11.3 Å². The molecule has 2 rings (SSSR count). The Bertz CT molecular complexity index is 431. The number of nitrogens with one attached hydrogen (secondary N) is 1. The Labute approximate surface area is 105 Å². The molecule has 0 bridgehead atoms. The number of carbonyl (C=O) groups excluding carboxylic acids is 1. The monoisotopic (exact) mass is 252 g/mol. The van der Waals surface area contributed by atoms with Crippen molar-refractivity contribution in [3.05, 3.63) is 29.6 Å². The zero-order valence-electron chi connectivity index (χ0n) is 10.1. The number of nitrogens with two attached hydrogens (primary N) is 1. The number of ether oxygens (including phenoxy) is 1. The number of benzene rings is 1. The summed E-state index contributed by atoms with van der Waals surface area (Å²) < 4.78 is 19.1. The lowest BCUT2D eigenvalue weighted by Crippen LogP contribution is -2.33. The molecule has 1 heterocycles. The molecule has 1 fully saturated rings. The summed E-state index contributed by atoms with van der Waals surface area (Å²) in [5.74, 6) is -0.605. The minimum absolute atomic E-state index is 0.152. The Kier molecular flexibility index (Phi) is 4.15. The van der Waals surface area contributed by atoms with Gasteiger partial charge in [-0.2, -0.15) is 0 Å². The van der Waals surface area contributed by atoms with Gasteiger partial charge in [-0.05, 0) is 37.6 Å². The fourth-order valence-corrected chi connectivity index (χ4v) is 2.05. The molecule has 18 heavy (non-hydrogen) atoms. The summed E-state index contributed by atoms with van der Waals surface area (Å²) in [5, 5.41) is 3.27. The van der Waals surface area contributed by atoms with Gasteiger partial charge in [0.25, 0.3) is 0 Å². The van der Waals surface area contributed by atoms with E-state index in [0.717, 1.165) is 32.0 Å². The summed E-state index contributed by atoms with van der Waals surface area (Å²) in [6, 6.07) is 4.03. The first-order chi connectivity index (χ1) is 8.66. The highest BCUT2D eigenvalue weighted by atomic mass is 19.1. The zero-order valence-corrected chi connectivity index (χ0v) is 10.1. The van der Waals surface area contributed by atoms with Crippen molar-refractivity contribution >= 4 is 5.91 Å². The maximum absolute atomic E-state index is 13.6. The van der Waals surface area contributed by atoms with Gasteiger partial charge < -0.3 is 15.8 Å². The van der Waals surface area contributed by atoms with Gasteiger partial charge in [0.15, 0.2) is 11.6 Å². The van der Waals surface area contributed by atoms with Gasteiger partial charge >= 0.3 is 0 Å². The van der Waals surface area contributed by atoms with E-state index in [1.807, 2.05) is 0 Å². The first kappa shape index (κ1) is 12.8. The number of piperidine rings is 1. The quantitative estimate of drug-likeness (QED) is 0.849. The molecule has 1 unspecified atom stereocenters. The zero-order chi connectivity index (χ0) is 13.0. The highest BCUT2D eigenvalue weighted by Gasteiger charge is 2.15. The molecule has 3 N–H and O–H groups in total. The molecule has 1 amide bonds. The molecular formula is C13H17FN2O2. The minimum Gasteiger partial charge on any atom is -0.490 e. The van der Waals surface area contributed by atoms with E-state index >= 15 is 0 Å². The van der Waals surface area contributed by atoms with Crippen LogP contribution in [0.2, 0.25) is 0 Å². The average molecular weight is 252 g/mol. The molecule has 1 aliphatic heterocycles. The molecule has 1 atom stereocenters. The third kappa shape index (κ3) is 3.20. The number of hydrogen-bond donors (Lipinski definition) is 2. The molecule has 1 aromatic carbocycles. The Morgan fingerprint density at radius 1 is 1.56 bits per heavy atom. The fourth-order valence-electron chi connectivity index (χ4n) is 2.05. The second kappa shape index (κ2) is 5.82. The predicted octanol–water partition coefficient (Wildman–Crippen LogP) is 1.30. The molecule has 1 saturated heterocycles. The van der Waals surface area contributed by atoms with Crippen LogP contribution >= 0.6 is 0 Å². The number of amides is 1. The van der Waals surface area contributed by atoms with E-state index in [4.69, 9.17) is 10.5 Å².